The molecule has 0 bridgehead atoms. The Balaban J connectivity index is 0.00000242. The molecule has 0 aromatic heterocycles. The molecule has 0 amide bonds. The van der Waals surface area contributed by atoms with Gasteiger partial charge in [-0.15, -0.1) is 0 Å². The Labute approximate surface area is 289 Å². The third kappa shape index (κ3) is 6.03. The number of ketones is 1. The Morgan fingerprint density at radius 2 is 1.40 bits per heavy atom. The van der Waals surface area contributed by atoms with Crippen molar-refractivity contribution < 1.29 is 99.5 Å². The second-order valence-electron chi connectivity index (χ2n) is 11.1. The largest absolute Gasteiger partial charge is 1.00 e. The molecule has 0 atom stereocenters. The summed E-state index contributed by atoms with van der Waals surface area (Å²) >= 11 is 0. The molecule has 5 rings (SSSR count). The summed E-state index contributed by atoms with van der Waals surface area (Å²) in [6, 6.07) is 13.8. The van der Waals surface area contributed by atoms with Crippen molar-refractivity contribution in [2.75, 3.05) is 16.7 Å². The van der Waals surface area contributed by atoms with E-state index in [1.54, 1.807) is 76.2 Å². The Bertz CT molecular complexity index is 1840. The molecule has 1 aliphatic carbocycles. The summed E-state index contributed by atoms with van der Waals surface area (Å²) in [6.07, 6.45) is 2.65. The normalized spacial score (nSPS) is 20.7. The van der Waals surface area contributed by atoms with Gasteiger partial charge in [-0.3, -0.25) is 4.79 Å². The van der Waals surface area contributed by atoms with Gasteiger partial charge in [-0.05, 0) is 31.6 Å². The Morgan fingerprint density at radius 3 is 1.98 bits per heavy atom. The Morgan fingerprint density at radius 1 is 0.833 bits per heavy atom. The van der Waals surface area contributed by atoms with Crippen LogP contribution in [-0.2, 0) is 35.9 Å². The average molecular weight is 629 g/mol. The second kappa shape index (κ2) is 11.7. The topological polar surface area (TPSA) is 161 Å². The van der Waals surface area contributed by atoms with Crippen LogP contribution in [0.2, 0.25) is 0 Å². The van der Waals surface area contributed by atoms with Gasteiger partial charge in [0.05, 0.1) is 5.41 Å². The van der Waals surface area contributed by atoms with Crippen molar-refractivity contribution in [1.29, 1.82) is 0 Å². The zero-order valence-corrected chi connectivity index (χ0v) is 29.8. The van der Waals surface area contributed by atoms with Crippen LogP contribution in [-0.4, -0.2) is 53.8 Å². The number of Topliss-reactive ketones (excluding diaryl/α,β-unsaturated/α-hetero) is 1. The maximum atomic E-state index is 13.3. The first-order chi connectivity index (χ1) is 18.4. The predicted octanol–water partition coefficient (Wildman–Crippen LogP) is -4.12. The van der Waals surface area contributed by atoms with E-state index < -0.39 is 54.4 Å². The van der Waals surface area contributed by atoms with Gasteiger partial charge in [0, 0.05) is 45.7 Å². The van der Waals surface area contributed by atoms with Crippen molar-refractivity contribution in [3.05, 3.63) is 94.4 Å². The van der Waals surface area contributed by atoms with Gasteiger partial charge in [0.1, 0.15) is 16.0 Å². The van der Waals surface area contributed by atoms with Crippen molar-refractivity contribution in [3.63, 3.8) is 0 Å². The number of fused-ring (bicyclic) bond motifs is 2. The van der Waals surface area contributed by atoms with Gasteiger partial charge in [-0.2, -0.15) is 4.58 Å². The van der Waals surface area contributed by atoms with Crippen LogP contribution in [0, 0.1) is 0 Å². The molecule has 2 aromatic carbocycles. The van der Waals surface area contributed by atoms with Gasteiger partial charge in [0.2, 0.25) is 11.6 Å². The summed E-state index contributed by atoms with van der Waals surface area (Å²) in [5.41, 5.74) is 1.04. The van der Waals surface area contributed by atoms with Crippen molar-refractivity contribution in [3.8, 4) is 0 Å². The molecule has 14 heteroatoms. The zero-order valence-electron chi connectivity index (χ0n) is 24.2. The molecule has 2 heterocycles. The molecule has 0 N–H and O–H groups in total. The van der Waals surface area contributed by atoms with Gasteiger partial charge in [0.25, 0.3) is 0 Å². The summed E-state index contributed by atoms with van der Waals surface area (Å²) in [5, 5.41) is 13.3. The smallest absolute Gasteiger partial charge is 0.871 e. The first kappa shape index (κ1) is 34.9. The number of para-hydroxylation sites is 2. The summed E-state index contributed by atoms with van der Waals surface area (Å²) < 4.78 is 71.7. The Hall–Kier alpha value is -1.58. The number of allylic oxidation sites excluding steroid dienone is 5. The van der Waals surface area contributed by atoms with Gasteiger partial charge in [0.15, 0.2) is 21.6 Å². The molecule has 2 aliphatic heterocycles. The number of carbonyl (C=O) groups excluding carboxylic acids is 1. The summed E-state index contributed by atoms with van der Waals surface area (Å²) in [4.78, 5) is 14.6. The summed E-state index contributed by atoms with van der Waals surface area (Å²) in [5.74, 6) is -2.97. The monoisotopic (exact) mass is 628 g/mol. The van der Waals surface area contributed by atoms with Crippen LogP contribution in [0.25, 0.3) is 0 Å². The van der Waals surface area contributed by atoms with Crippen molar-refractivity contribution >= 4 is 43.1 Å². The fraction of sp³-hybridized carbons (Fsp3) is 0.286. The van der Waals surface area contributed by atoms with E-state index in [-0.39, 0.29) is 70.3 Å². The minimum absolute atomic E-state index is 0. The first-order valence-corrected chi connectivity index (χ1v) is 15.5. The third-order valence-corrected chi connectivity index (χ3v) is 8.86. The predicted molar refractivity (Wildman–Crippen MR) is 144 cm³/mol. The van der Waals surface area contributed by atoms with Crippen LogP contribution in [0.4, 0.5) is 11.4 Å². The molecule has 0 unspecified atom stereocenters. The first-order valence-electron chi connectivity index (χ1n) is 12.3. The molecule has 0 fully saturated rings. The van der Waals surface area contributed by atoms with Crippen molar-refractivity contribution in [2.24, 2.45) is 0 Å². The fourth-order valence-corrected chi connectivity index (χ4v) is 6.95. The zero-order chi connectivity index (χ0) is 29.4. The molecule has 10 nitrogen and oxygen atoms in total. The molecule has 0 saturated carbocycles. The van der Waals surface area contributed by atoms with Gasteiger partial charge in [-0.1, -0.05) is 56.0 Å². The van der Waals surface area contributed by atoms with Crippen molar-refractivity contribution in [1.82, 2.24) is 0 Å². The molecule has 0 saturated heterocycles. The van der Waals surface area contributed by atoms with Gasteiger partial charge < -0.3 is 19.1 Å². The second-order valence-corrected chi connectivity index (χ2v) is 13.8. The molecular weight excluding hydrogens is 602 g/mol. The maximum Gasteiger partial charge on any atom is 1.00 e. The summed E-state index contributed by atoms with van der Waals surface area (Å²) in [7, 11) is -9.42. The third-order valence-electron chi connectivity index (χ3n) is 7.71. The van der Waals surface area contributed by atoms with E-state index in [0.717, 1.165) is 11.1 Å². The van der Waals surface area contributed by atoms with Crippen LogP contribution < -0.4 is 69.1 Å². The van der Waals surface area contributed by atoms with Crippen LogP contribution in [0.3, 0.4) is 0 Å². The molecule has 210 valence electrons. The number of hydrogen-bond acceptors (Lipinski definition) is 9. The van der Waals surface area contributed by atoms with E-state index in [4.69, 9.17) is 0 Å². The number of hydrogen-bond donors (Lipinski definition) is 0. The maximum absolute atomic E-state index is 13.3. The van der Waals surface area contributed by atoms with Crippen LogP contribution >= 0.6 is 0 Å². The minimum atomic E-state index is -4.71. The minimum Gasteiger partial charge on any atom is -0.871 e. The quantitative estimate of drug-likeness (QED) is 0.134. The molecule has 0 radical (unpaired) electrons. The van der Waals surface area contributed by atoms with E-state index in [1.165, 1.54) is 21.6 Å². The van der Waals surface area contributed by atoms with Crippen molar-refractivity contribution in [2.45, 2.75) is 38.5 Å². The number of nitrogens with zero attached hydrogens (tertiary/aromatic N) is 2. The molecule has 0 spiro atoms. The van der Waals surface area contributed by atoms with E-state index in [2.05, 4.69) is 0 Å². The molecular formula is C28H26N2Na2O8S2. The SMILES string of the molecule is CC1(C)C(=CC2=C([O-])C(=CC3=[N+](CS(=O)(=O)[O-])c4ccccc4C3(C)C)C2=O)N(CS(=O)(=O)[O-])c2ccccc21.[Na+].[Na+]. The number of benzene rings is 2. The van der Waals surface area contributed by atoms with E-state index in [9.17, 15) is 35.8 Å². The number of anilines is 1. The van der Waals surface area contributed by atoms with Gasteiger partial charge >= 0.3 is 59.1 Å². The Kier molecular flexibility index (Phi) is 9.75. The van der Waals surface area contributed by atoms with E-state index in [1.807, 2.05) is 0 Å². The van der Waals surface area contributed by atoms with E-state index in [0.29, 0.717) is 22.8 Å². The average Bonchev–Trinajstić information content (AvgIpc) is 3.18. The standard InChI is InChI=1S/C28H28N2O8S2.2Na/c1-27(2)19-9-5-7-11-21(19)29(15-39(33,34)35)23(27)13-17-25(31)18(26(17)32)14-24-28(3,4)20-10-6-8-12-22(20)30(24)16-40(36,37)38;;/h5-14H,15-16H2,1-4H3,(H2-,31,32,33,34,35,36,37,38);;/q;2*+1/p-2. The van der Waals surface area contributed by atoms with Crippen LogP contribution in [0.15, 0.2) is 83.3 Å². The molecule has 42 heavy (non-hydrogen) atoms. The number of rotatable bonds is 6. The van der Waals surface area contributed by atoms with Crippen LogP contribution in [0.5, 0.6) is 0 Å². The number of carbonyl (C=O) groups is 1. The van der Waals surface area contributed by atoms with Gasteiger partial charge in [-0.25, -0.2) is 16.8 Å². The molecule has 3 aliphatic rings. The molecule has 2 aromatic rings. The van der Waals surface area contributed by atoms with Crippen LogP contribution in [0.1, 0.15) is 38.8 Å². The van der Waals surface area contributed by atoms with E-state index >= 15 is 0 Å². The fourth-order valence-electron chi connectivity index (χ4n) is 5.77. The summed E-state index contributed by atoms with van der Waals surface area (Å²) in [6.45, 7) is 7.20.